The Labute approximate surface area is 51.0 Å². The molecule has 0 atom stereocenters. The molecule has 0 bridgehead atoms. The maximum absolute atomic E-state index is 3.73. The Hall–Kier alpha value is -0.370. The molecule has 0 aliphatic heterocycles. The molecule has 0 spiro atoms. The number of rotatable bonds is 5. The largest absolute Gasteiger partial charge is 0.320 e. The number of nitrogens with zero attached hydrogens (tertiary/aromatic N) is 1. The molecule has 0 aromatic heterocycles. The lowest BCUT2D eigenvalue weighted by molar-refractivity contribution is 0.686. The molecule has 1 N–H and O–H groups in total. The van der Waals surface area contributed by atoms with Crippen molar-refractivity contribution >= 4 is 6.72 Å². The van der Waals surface area contributed by atoms with E-state index in [1.807, 2.05) is 7.05 Å². The van der Waals surface area contributed by atoms with E-state index in [1.54, 1.807) is 0 Å². The highest BCUT2D eigenvalue weighted by molar-refractivity contribution is 5.22. The summed E-state index contributed by atoms with van der Waals surface area (Å²) in [6.45, 7) is 5.39. The van der Waals surface area contributed by atoms with Crippen LogP contribution in [0.5, 0.6) is 0 Å². The SMILES string of the molecule is C=NCCCCNC. The fraction of sp³-hybridized carbons (Fsp3) is 0.833. The topological polar surface area (TPSA) is 24.4 Å². The van der Waals surface area contributed by atoms with Crippen LogP contribution in [0.3, 0.4) is 0 Å². The molecule has 0 saturated carbocycles. The van der Waals surface area contributed by atoms with E-state index in [9.17, 15) is 0 Å². The van der Waals surface area contributed by atoms with Gasteiger partial charge in [0.05, 0.1) is 0 Å². The fourth-order valence-electron chi connectivity index (χ4n) is 0.525. The second kappa shape index (κ2) is 6.63. The summed E-state index contributed by atoms with van der Waals surface area (Å²) in [6, 6.07) is 0. The van der Waals surface area contributed by atoms with Crippen molar-refractivity contribution in [1.82, 2.24) is 5.32 Å². The lowest BCUT2D eigenvalue weighted by Gasteiger charge is -1.93. The Bertz CT molecular complexity index is 52.5. The summed E-state index contributed by atoms with van der Waals surface area (Å²) in [4.78, 5) is 3.73. The summed E-state index contributed by atoms with van der Waals surface area (Å²) in [6.07, 6.45) is 2.36. The second-order valence-electron chi connectivity index (χ2n) is 1.76. The minimum Gasteiger partial charge on any atom is -0.320 e. The molecule has 2 heteroatoms. The van der Waals surface area contributed by atoms with E-state index in [4.69, 9.17) is 0 Å². The zero-order chi connectivity index (χ0) is 6.24. The van der Waals surface area contributed by atoms with Crippen LogP contribution < -0.4 is 5.32 Å². The molecule has 0 aromatic rings. The van der Waals surface area contributed by atoms with Crippen LogP contribution in [-0.4, -0.2) is 26.9 Å². The predicted octanol–water partition coefficient (Wildman–Crippen LogP) is 0.687. The lowest BCUT2D eigenvalue weighted by atomic mass is 10.3. The van der Waals surface area contributed by atoms with E-state index in [2.05, 4.69) is 17.0 Å². The van der Waals surface area contributed by atoms with Crippen molar-refractivity contribution in [3.05, 3.63) is 0 Å². The summed E-state index contributed by atoms with van der Waals surface area (Å²) in [5, 5.41) is 3.06. The van der Waals surface area contributed by atoms with Gasteiger partial charge in [-0.25, -0.2) is 0 Å². The van der Waals surface area contributed by atoms with E-state index in [0.29, 0.717) is 0 Å². The summed E-state index contributed by atoms with van der Waals surface area (Å²) < 4.78 is 0. The maximum Gasteiger partial charge on any atom is 0.0382 e. The molecule has 0 saturated heterocycles. The van der Waals surface area contributed by atoms with Crippen LogP contribution >= 0.6 is 0 Å². The van der Waals surface area contributed by atoms with Gasteiger partial charge in [0.15, 0.2) is 0 Å². The highest BCUT2D eigenvalue weighted by Gasteiger charge is 1.81. The number of hydrogen-bond acceptors (Lipinski definition) is 2. The molecule has 0 amide bonds. The molecule has 0 aromatic carbocycles. The van der Waals surface area contributed by atoms with Gasteiger partial charge in [-0.3, -0.25) is 0 Å². The molecule has 0 aliphatic carbocycles. The van der Waals surface area contributed by atoms with Crippen molar-refractivity contribution in [1.29, 1.82) is 0 Å². The highest BCUT2D eigenvalue weighted by Crippen LogP contribution is 1.84. The number of aliphatic imine (C=N–C) groups is 1. The molecule has 0 aliphatic rings. The summed E-state index contributed by atoms with van der Waals surface area (Å²) >= 11 is 0. The fourth-order valence-corrected chi connectivity index (χ4v) is 0.525. The quantitative estimate of drug-likeness (QED) is 0.412. The Kier molecular flexibility index (Phi) is 6.32. The Morgan fingerprint density at radius 2 is 2.25 bits per heavy atom. The van der Waals surface area contributed by atoms with E-state index in [0.717, 1.165) is 19.5 Å². The van der Waals surface area contributed by atoms with Crippen LogP contribution in [0.2, 0.25) is 0 Å². The van der Waals surface area contributed by atoms with Crippen LogP contribution in [0, 0.1) is 0 Å². The van der Waals surface area contributed by atoms with Gasteiger partial charge in [-0.1, -0.05) is 0 Å². The molecule has 8 heavy (non-hydrogen) atoms. The Balaban J connectivity index is 2.62. The number of hydrogen-bond donors (Lipinski definition) is 1. The first-order valence-electron chi connectivity index (χ1n) is 2.99. The molecular formula is C6H14N2. The summed E-state index contributed by atoms with van der Waals surface area (Å²) in [5.74, 6) is 0. The zero-order valence-corrected chi connectivity index (χ0v) is 5.48. The molecule has 0 unspecified atom stereocenters. The van der Waals surface area contributed by atoms with Gasteiger partial charge in [-0.05, 0) is 33.2 Å². The third-order valence-corrected chi connectivity index (χ3v) is 0.993. The normalized spacial score (nSPS) is 9.12. The Morgan fingerprint density at radius 3 is 2.75 bits per heavy atom. The third kappa shape index (κ3) is 5.63. The molecule has 0 rings (SSSR count). The van der Waals surface area contributed by atoms with Gasteiger partial charge in [-0.2, -0.15) is 0 Å². The van der Waals surface area contributed by atoms with Gasteiger partial charge >= 0.3 is 0 Å². The Morgan fingerprint density at radius 1 is 1.50 bits per heavy atom. The summed E-state index contributed by atoms with van der Waals surface area (Å²) in [5.41, 5.74) is 0. The predicted molar refractivity (Wildman–Crippen MR) is 37.6 cm³/mol. The first kappa shape index (κ1) is 7.63. The molecule has 48 valence electrons. The van der Waals surface area contributed by atoms with Crippen molar-refractivity contribution in [3.8, 4) is 0 Å². The van der Waals surface area contributed by atoms with Gasteiger partial charge < -0.3 is 10.3 Å². The van der Waals surface area contributed by atoms with Gasteiger partial charge in [0.2, 0.25) is 0 Å². The average Bonchev–Trinajstić information content (AvgIpc) is 1.81. The van der Waals surface area contributed by atoms with E-state index < -0.39 is 0 Å². The van der Waals surface area contributed by atoms with Gasteiger partial charge in [0, 0.05) is 6.54 Å². The molecule has 0 fully saturated rings. The lowest BCUT2D eigenvalue weighted by Crippen LogP contribution is -2.07. The van der Waals surface area contributed by atoms with E-state index in [-0.39, 0.29) is 0 Å². The van der Waals surface area contributed by atoms with Gasteiger partial charge in [0.25, 0.3) is 0 Å². The van der Waals surface area contributed by atoms with Crippen molar-refractivity contribution < 1.29 is 0 Å². The molecular weight excluding hydrogens is 100 g/mol. The number of nitrogens with one attached hydrogen (secondary N) is 1. The zero-order valence-electron chi connectivity index (χ0n) is 5.48. The van der Waals surface area contributed by atoms with E-state index in [1.165, 1.54) is 6.42 Å². The van der Waals surface area contributed by atoms with Gasteiger partial charge in [-0.15, -0.1) is 0 Å². The van der Waals surface area contributed by atoms with Crippen molar-refractivity contribution in [2.24, 2.45) is 4.99 Å². The van der Waals surface area contributed by atoms with Crippen LogP contribution in [0.15, 0.2) is 4.99 Å². The smallest absolute Gasteiger partial charge is 0.0382 e. The molecule has 0 radical (unpaired) electrons. The van der Waals surface area contributed by atoms with Crippen LogP contribution in [-0.2, 0) is 0 Å². The standard InChI is InChI=1S/C6H14N2/c1-7-5-3-4-6-8-2/h8H,1,3-6H2,2H3. The van der Waals surface area contributed by atoms with Crippen molar-refractivity contribution in [3.63, 3.8) is 0 Å². The third-order valence-electron chi connectivity index (χ3n) is 0.993. The average molecular weight is 114 g/mol. The maximum atomic E-state index is 3.73. The monoisotopic (exact) mass is 114 g/mol. The van der Waals surface area contributed by atoms with Crippen molar-refractivity contribution in [2.75, 3.05) is 20.1 Å². The minimum absolute atomic E-state index is 0.904. The minimum atomic E-state index is 0.904. The first-order chi connectivity index (χ1) is 3.91. The van der Waals surface area contributed by atoms with Crippen molar-refractivity contribution in [2.45, 2.75) is 12.8 Å². The highest BCUT2D eigenvalue weighted by atomic mass is 14.8. The van der Waals surface area contributed by atoms with E-state index >= 15 is 0 Å². The van der Waals surface area contributed by atoms with Crippen LogP contribution in [0.4, 0.5) is 0 Å². The van der Waals surface area contributed by atoms with Crippen LogP contribution in [0.1, 0.15) is 12.8 Å². The number of unbranched alkanes of at least 4 members (excludes halogenated alkanes) is 1. The van der Waals surface area contributed by atoms with Crippen LogP contribution in [0.25, 0.3) is 0 Å². The summed E-state index contributed by atoms with van der Waals surface area (Å²) in [7, 11) is 1.96. The molecule has 0 heterocycles. The second-order valence-corrected chi connectivity index (χ2v) is 1.76. The first-order valence-corrected chi connectivity index (χ1v) is 2.99. The molecule has 2 nitrogen and oxygen atoms in total. The van der Waals surface area contributed by atoms with Gasteiger partial charge in [0.1, 0.15) is 0 Å².